The second-order valence-corrected chi connectivity index (χ2v) is 8.24. The minimum atomic E-state index is -0.108. The van der Waals surface area contributed by atoms with Gasteiger partial charge < -0.3 is 19.3 Å². The van der Waals surface area contributed by atoms with Gasteiger partial charge >= 0.3 is 0 Å². The number of phenols is 1. The van der Waals surface area contributed by atoms with Gasteiger partial charge in [-0.05, 0) is 47.0 Å². The molecule has 2 aliphatic rings. The lowest BCUT2D eigenvalue weighted by Gasteiger charge is -2.29. The molecule has 31 heavy (non-hydrogen) atoms. The number of allylic oxidation sites excluding steroid dienone is 1. The largest absolute Gasteiger partial charge is 0.508 e. The van der Waals surface area contributed by atoms with E-state index in [1.807, 2.05) is 12.3 Å². The number of aromatic nitrogens is 2. The van der Waals surface area contributed by atoms with Crippen LogP contribution in [0.1, 0.15) is 22.4 Å². The smallest absolute Gasteiger partial charge is 0.251 e. The first-order chi connectivity index (χ1) is 15.1. The number of anilines is 1. The molecule has 0 bridgehead atoms. The summed E-state index contributed by atoms with van der Waals surface area (Å²) < 4.78 is 7.06. The van der Waals surface area contributed by atoms with Crippen molar-refractivity contribution >= 4 is 22.9 Å². The molecular formula is C24H22ClN3O3. The van der Waals surface area contributed by atoms with Gasteiger partial charge in [-0.1, -0.05) is 17.7 Å². The fourth-order valence-electron chi connectivity index (χ4n) is 4.18. The molecule has 1 fully saturated rings. The number of pyridine rings is 2. The maximum atomic E-state index is 12.8. The molecule has 2 aromatic heterocycles. The number of phenolic OH excluding ortho intramolecular Hbond substituents is 1. The van der Waals surface area contributed by atoms with Crippen molar-refractivity contribution in [3.05, 3.63) is 92.6 Å². The first-order valence-electron chi connectivity index (χ1n) is 10.3. The molecule has 3 heterocycles. The van der Waals surface area contributed by atoms with Gasteiger partial charge in [0.1, 0.15) is 5.75 Å². The fourth-order valence-corrected chi connectivity index (χ4v) is 4.43. The molecule has 7 heteroatoms. The van der Waals surface area contributed by atoms with Crippen LogP contribution >= 0.6 is 11.6 Å². The van der Waals surface area contributed by atoms with Crippen molar-refractivity contribution < 1.29 is 9.84 Å². The quantitative estimate of drug-likeness (QED) is 0.679. The van der Waals surface area contributed by atoms with E-state index in [4.69, 9.17) is 16.3 Å². The number of nitrogens with zero attached hydrogens (tertiary/aromatic N) is 3. The summed E-state index contributed by atoms with van der Waals surface area (Å²) in [5.41, 5.74) is 5.79. The average molecular weight is 436 g/mol. The van der Waals surface area contributed by atoms with E-state index in [-0.39, 0.29) is 11.3 Å². The molecule has 1 aliphatic carbocycles. The molecule has 0 unspecified atom stereocenters. The predicted octanol–water partition coefficient (Wildman–Crippen LogP) is 3.48. The third-order valence-electron chi connectivity index (χ3n) is 5.72. The lowest BCUT2D eigenvalue weighted by molar-refractivity contribution is 0.122. The third kappa shape index (κ3) is 4.09. The van der Waals surface area contributed by atoms with Crippen LogP contribution in [0, 0.1) is 0 Å². The Morgan fingerprint density at radius 3 is 2.74 bits per heavy atom. The fraction of sp³-hybridized carbons (Fsp3) is 0.250. The Morgan fingerprint density at radius 1 is 1.13 bits per heavy atom. The predicted molar refractivity (Wildman–Crippen MR) is 121 cm³/mol. The highest BCUT2D eigenvalue weighted by molar-refractivity contribution is 6.30. The van der Waals surface area contributed by atoms with E-state index >= 15 is 0 Å². The molecule has 6 nitrogen and oxygen atoms in total. The van der Waals surface area contributed by atoms with Gasteiger partial charge in [0.05, 0.1) is 37.3 Å². The van der Waals surface area contributed by atoms with E-state index in [0.717, 1.165) is 66.4 Å². The number of ether oxygens (including phenoxy) is 1. The molecule has 1 aromatic carbocycles. The third-order valence-corrected chi connectivity index (χ3v) is 5.94. The minimum Gasteiger partial charge on any atom is -0.508 e. The normalized spacial score (nSPS) is 15.6. The molecule has 0 saturated carbocycles. The van der Waals surface area contributed by atoms with Gasteiger partial charge in [-0.15, -0.1) is 0 Å². The topological polar surface area (TPSA) is 67.6 Å². The Kier molecular flexibility index (Phi) is 5.26. The second-order valence-electron chi connectivity index (χ2n) is 7.81. The van der Waals surface area contributed by atoms with Crippen molar-refractivity contribution in [2.75, 3.05) is 31.2 Å². The molecule has 0 amide bonds. The highest BCUT2D eigenvalue weighted by Crippen LogP contribution is 2.33. The summed E-state index contributed by atoms with van der Waals surface area (Å²) in [6.45, 7) is 3.50. The number of benzene rings is 1. The van der Waals surface area contributed by atoms with Gasteiger partial charge in [0.2, 0.25) is 0 Å². The maximum absolute atomic E-state index is 12.8. The lowest BCUT2D eigenvalue weighted by atomic mass is 10.0. The summed E-state index contributed by atoms with van der Waals surface area (Å²) in [5, 5.41) is 10.2. The zero-order valence-corrected chi connectivity index (χ0v) is 17.7. The highest BCUT2D eigenvalue weighted by Gasteiger charge is 2.20. The van der Waals surface area contributed by atoms with E-state index in [9.17, 15) is 9.90 Å². The molecule has 1 aliphatic heterocycles. The molecule has 1 saturated heterocycles. The lowest BCUT2D eigenvalue weighted by Crippen LogP contribution is -2.36. The standard InChI is InChI=1S/C24H22ClN3O3/c25-18-9-16(10-20(29)12-18)15-28-4-3-17(11-24(28)30)21-1-2-23-22(21)13-19(14-26-23)27-5-7-31-8-6-27/h1,3-4,9-14,29H,2,5-8,15H2. The Bertz CT molecular complexity index is 1210. The minimum absolute atomic E-state index is 0.0865. The first kappa shape index (κ1) is 19.8. The number of halogens is 1. The van der Waals surface area contributed by atoms with Crippen LogP contribution in [0.15, 0.2) is 59.7 Å². The number of fused-ring (bicyclic) bond motifs is 1. The Balaban J connectivity index is 1.42. The summed E-state index contributed by atoms with van der Waals surface area (Å²) in [6, 6.07) is 10.6. The Morgan fingerprint density at radius 2 is 1.97 bits per heavy atom. The van der Waals surface area contributed by atoms with Crippen LogP contribution in [0.4, 0.5) is 5.69 Å². The summed E-state index contributed by atoms with van der Waals surface area (Å²) in [4.78, 5) is 19.8. The SMILES string of the molecule is O=c1cc(C2=CCc3ncc(N4CCOCC4)cc32)ccn1Cc1cc(O)cc(Cl)c1. The number of rotatable bonds is 4. The van der Waals surface area contributed by atoms with Gasteiger partial charge in [-0.25, -0.2) is 0 Å². The van der Waals surface area contributed by atoms with Crippen molar-refractivity contribution in [1.29, 1.82) is 0 Å². The van der Waals surface area contributed by atoms with E-state index < -0.39 is 0 Å². The number of morpholine rings is 1. The van der Waals surface area contributed by atoms with Crippen molar-refractivity contribution in [2.45, 2.75) is 13.0 Å². The zero-order chi connectivity index (χ0) is 21.4. The molecule has 158 valence electrons. The maximum Gasteiger partial charge on any atom is 0.251 e. The van der Waals surface area contributed by atoms with Gasteiger partial charge in [0, 0.05) is 42.4 Å². The van der Waals surface area contributed by atoms with E-state index in [1.54, 1.807) is 29.0 Å². The van der Waals surface area contributed by atoms with Crippen LogP contribution in [0.25, 0.3) is 5.57 Å². The van der Waals surface area contributed by atoms with Crippen molar-refractivity contribution in [3.8, 4) is 5.75 Å². The molecule has 1 N–H and O–H groups in total. The van der Waals surface area contributed by atoms with Crippen LogP contribution in [-0.4, -0.2) is 41.0 Å². The average Bonchev–Trinajstić information content (AvgIpc) is 3.18. The van der Waals surface area contributed by atoms with Gasteiger partial charge in [-0.3, -0.25) is 9.78 Å². The molecular weight excluding hydrogens is 414 g/mol. The van der Waals surface area contributed by atoms with E-state index in [2.05, 4.69) is 22.0 Å². The second kappa shape index (κ2) is 8.21. The van der Waals surface area contributed by atoms with E-state index in [1.165, 1.54) is 6.07 Å². The van der Waals surface area contributed by atoms with Crippen molar-refractivity contribution in [3.63, 3.8) is 0 Å². The number of hydrogen-bond acceptors (Lipinski definition) is 5. The van der Waals surface area contributed by atoms with Crippen LogP contribution in [0.3, 0.4) is 0 Å². The van der Waals surface area contributed by atoms with Crippen LogP contribution < -0.4 is 10.5 Å². The zero-order valence-electron chi connectivity index (χ0n) is 16.9. The molecule has 0 spiro atoms. The van der Waals surface area contributed by atoms with E-state index in [0.29, 0.717) is 11.6 Å². The van der Waals surface area contributed by atoms with Crippen LogP contribution in [0.5, 0.6) is 5.75 Å². The molecule has 3 aromatic rings. The summed E-state index contributed by atoms with van der Waals surface area (Å²) in [6.07, 6.45) is 6.61. The van der Waals surface area contributed by atoms with Gasteiger partial charge in [-0.2, -0.15) is 0 Å². The van der Waals surface area contributed by atoms with Crippen molar-refractivity contribution in [2.24, 2.45) is 0 Å². The summed E-state index contributed by atoms with van der Waals surface area (Å²) in [5.74, 6) is 0.0865. The van der Waals surface area contributed by atoms with Gasteiger partial charge in [0.25, 0.3) is 5.56 Å². The summed E-state index contributed by atoms with van der Waals surface area (Å²) >= 11 is 6.01. The Hall–Kier alpha value is -3.09. The number of hydrogen-bond donors (Lipinski definition) is 1. The van der Waals surface area contributed by atoms with Crippen LogP contribution in [-0.2, 0) is 17.7 Å². The Labute approximate surface area is 185 Å². The number of aromatic hydroxyl groups is 1. The molecule has 0 atom stereocenters. The summed E-state index contributed by atoms with van der Waals surface area (Å²) in [7, 11) is 0. The monoisotopic (exact) mass is 435 g/mol. The van der Waals surface area contributed by atoms with Gasteiger partial charge in [0.15, 0.2) is 0 Å². The first-order valence-corrected chi connectivity index (χ1v) is 10.7. The molecule has 0 radical (unpaired) electrons. The van der Waals surface area contributed by atoms with Crippen molar-refractivity contribution in [1.82, 2.24) is 9.55 Å². The highest BCUT2D eigenvalue weighted by atomic mass is 35.5. The molecule has 5 rings (SSSR count). The van der Waals surface area contributed by atoms with Crippen LogP contribution in [0.2, 0.25) is 5.02 Å².